The van der Waals surface area contributed by atoms with E-state index < -0.39 is 0 Å². The maximum atomic E-state index is 7.55. The Morgan fingerprint density at radius 2 is 1.04 bits per heavy atom. The molecule has 0 atom stereocenters. The number of benzene rings is 5. The largest absolute Gasteiger partial charge is 0.238 e. The molecule has 4 fully saturated rings. The van der Waals surface area contributed by atoms with Crippen LogP contribution in [0.25, 0.3) is 61.3 Å². The summed E-state index contributed by atoms with van der Waals surface area (Å²) in [5.74, 6) is 4.57. The summed E-state index contributed by atoms with van der Waals surface area (Å²) < 4.78 is 0. The van der Waals surface area contributed by atoms with Gasteiger partial charge in [-0.25, -0.2) is 19.8 Å². The third kappa shape index (κ3) is 5.20. The first-order chi connectivity index (χ1) is 23.6. The maximum Gasteiger partial charge on any atom is 0.187 e. The van der Waals surface area contributed by atoms with Gasteiger partial charge in [-0.05, 0) is 108 Å². The predicted octanol–water partition coefficient (Wildman–Crippen LogP) is 11.2. The first kappa shape index (κ1) is 28.8. The van der Waals surface area contributed by atoms with Gasteiger partial charge in [0.25, 0.3) is 0 Å². The van der Waals surface area contributed by atoms with E-state index in [2.05, 4.69) is 77.6 Å². The van der Waals surface area contributed by atoms with Crippen LogP contribution in [0.15, 0.2) is 127 Å². The number of hydrogen-bond acceptors (Lipinski definition) is 3. The number of rotatable bonds is 6. The van der Waals surface area contributed by atoms with Crippen LogP contribution < -0.4 is 0 Å². The lowest BCUT2D eigenvalue weighted by Gasteiger charge is -2.57. The molecule has 4 nitrogen and oxygen atoms in total. The monoisotopic (exact) mass is 620 g/mol. The number of nitrogens with zero attached hydrogens (tertiary/aromatic N) is 4. The summed E-state index contributed by atoms with van der Waals surface area (Å²) in [5.41, 5.74) is 9.74. The minimum Gasteiger partial charge on any atom is -0.238 e. The molecule has 4 bridgehead atoms. The Bertz CT molecular complexity index is 2130. The van der Waals surface area contributed by atoms with Crippen LogP contribution >= 0.6 is 0 Å². The first-order valence-electron chi connectivity index (χ1n) is 17.2. The van der Waals surface area contributed by atoms with Crippen molar-refractivity contribution in [3.8, 4) is 56.4 Å². The van der Waals surface area contributed by atoms with Gasteiger partial charge in [-0.3, -0.25) is 0 Å². The fourth-order valence-electron chi connectivity index (χ4n) is 9.31. The highest BCUT2D eigenvalue weighted by Crippen LogP contribution is 2.60. The molecule has 4 aliphatic carbocycles. The van der Waals surface area contributed by atoms with Crippen molar-refractivity contribution >= 4 is 5.69 Å². The Hall–Kier alpha value is -5.40. The average Bonchev–Trinajstić information content (AvgIpc) is 3.15. The van der Waals surface area contributed by atoms with Crippen LogP contribution in [0.5, 0.6) is 0 Å². The van der Waals surface area contributed by atoms with Crippen LogP contribution in [0.3, 0.4) is 0 Å². The van der Waals surface area contributed by atoms with Crippen molar-refractivity contribution in [2.45, 2.75) is 43.9 Å². The molecule has 232 valence electrons. The summed E-state index contributed by atoms with van der Waals surface area (Å²) in [6.07, 6.45) is 8.54. The molecule has 0 radical (unpaired) electrons. The molecule has 10 rings (SSSR count). The fraction of sp³-hybridized carbons (Fsp3) is 0.227. The Balaban J connectivity index is 1.14. The molecule has 4 heteroatoms. The van der Waals surface area contributed by atoms with Crippen molar-refractivity contribution in [1.29, 1.82) is 0 Å². The summed E-state index contributed by atoms with van der Waals surface area (Å²) in [4.78, 5) is 18.6. The van der Waals surface area contributed by atoms with Gasteiger partial charge in [0.05, 0.1) is 6.57 Å². The molecule has 0 unspecified atom stereocenters. The van der Waals surface area contributed by atoms with Gasteiger partial charge in [0.2, 0.25) is 0 Å². The highest BCUT2D eigenvalue weighted by atomic mass is 15.0. The van der Waals surface area contributed by atoms with Crippen molar-refractivity contribution < 1.29 is 0 Å². The summed E-state index contributed by atoms with van der Waals surface area (Å²) in [6.45, 7) is 7.55. The Morgan fingerprint density at radius 3 is 1.69 bits per heavy atom. The van der Waals surface area contributed by atoms with Crippen LogP contribution in [0.1, 0.15) is 44.1 Å². The van der Waals surface area contributed by atoms with Crippen molar-refractivity contribution in [3.63, 3.8) is 0 Å². The van der Waals surface area contributed by atoms with Gasteiger partial charge in [-0.15, -0.1) is 0 Å². The SMILES string of the molecule is [C-]#[N+]c1cccc(-c2nc(-c3ccccc3)nc(-c3ccc(-c4ccc(C56CC7CC(CC(C7)C5)C6)cc4)cc3-c3ccccc3)n2)c1. The molecule has 4 saturated carbocycles. The summed E-state index contributed by atoms with van der Waals surface area (Å²) in [5, 5.41) is 0. The van der Waals surface area contributed by atoms with E-state index >= 15 is 0 Å². The Kier molecular flexibility index (Phi) is 7.01. The van der Waals surface area contributed by atoms with E-state index in [-0.39, 0.29) is 0 Å². The van der Waals surface area contributed by atoms with Crippen molar-refractivity contribution in [2.24, 2.45) is 17.8 Å². The molecular formula is C44H36N4. The quantitative estimate of drug-likeness (QED) is 0.174. The zero-order valence-electron chi connectivity index (χ0n) is 26.9. The van der Waals surface area contributed by atoms with Crippen molar-refractivity contribution in [1.82, 2.24) is 15.0 Å². The summed E-state index contributed by atoms with van der Waals surface area (Å²) in [7, 11) is 0. The molecule has 0 spiro atoms. The zero-order valence-corrected chi connectivity index (χ0v) is 26.9. The second-order valence-electron chi connectivity index (χ2n) is 14.2. The summed E-state index contributed by atoms with van der Waals surface area (Å²) >= 11 is 0. The lowest BCUT2D eigenvalue weighted by Crippen LogP contribution is -2.48. The lowest BCUT2D eigenvalue weighted by atomic mass is 9.48. The minimum absolute atomic E-state index is 0.396. The standard InChI is InChI=1S/C44H36N4/c1-45-38-14-8-13-36(24-38)42-46-41(34-11-6-3-7-12-34)47-43(48-42)39-20-17-35(25-40(39)33-9-4-2-5-10-33)32-15-18-37(19-16-32)44-26-29-21-30(27-44)23-31(22-29)28-44/h2-20,24-25,29-31H,21-23,26-28H2. The normalized spacial score (nSPS) is 22.4. The maximum absolute atomic E-state index is 7.55. The molecular weight excluding hydrogens is 585 g/mol. The topological polar surface area (TPSA) is 43.0 Å². The molecule has 1 heterocycles. The molecule has 0 aliphatic heterocycles. The lowest BCUT2D eigenvalue weighted by molar-refractivity contribution is -0.00518. The first-order valence-corrected chi connectivity index (χ1v) is 17.2. The van der Waals surface area contributed by atoms with E-state index in [1.54, 1.807) is 11.6 Å². The van der Waals surface area contributed by atoms with Gasteiger partial charge >= 0.3 is 0 Å². The molecule has 1 aromatic heterocycles. The van der Waals surface area contributed by atoms with Crippen molar-refractivity contribution in [3.05, 3.63) is 144 Å². The molecule has 6 aromatic rings. The van der Waals surface area contributed by atoms with E-state index in [9.17, 15) is 0 Å². The predicted molar refractivity (Wildman–Crippen MR) is 193 cm³/mol. The third-order valence-electron chi connectivity index (χ3n) is 11.1. The Labute approximate surface area is 282 Å². The average molecular weight is 621 g/mol. The fourth-order valence-corrected chi connectivity index (χ4v) is 9.31. The van der Waals surface area contributed by atoms with Crippen LogP contribution in [0, 0.1) is 24.3 Å². The third-order valence-corrected chi connectivity index (χ3v) is 11.1. The van der Waals surface area contributed by atoms with Crippen LogP contribution in [0.4, 0.5) is 5.69 Å². The summed E-state index contributed by atoms with van der Waals surface area (Å²) in [6, 6.07) is 44.2. The van der Waals surface area contributed by atoms with E-state index in [1.165, 1.54) is 49.7 Å². The van der Waals surface area contributed by atoms with E-state index in [1.807, 2.05) is 48.5 Å². The van der Waals surface area contributed by atoms with Crippen LogP contribution in [-0.2, 0) is 5.41 Å². The smallest absolute Gasteiger partial charge is 0.187 e. The van der Waals surface area contributed by atoms with Gasteiger partial charge in [-0.2, -0.15) is 0 Å². The molecule has 0 saturated heterocycles. The zero-order chi connectivity index (χ0) is 32.1. The molecule has 48 heavy (non-hydrogen) atoms. The number of aromatic nitrogens is 3. The molecule has 0 N–H and O–H groups in total. The van der Waals surface area contributed by atoms with E-state index in [4.69, 9.17) is 21.5 Å². The highest BCUT2D eigenvalue weighted by molar-refractivity contribution is 5.86. The van der Waals surface area contributed by atoms with Gasteiger partial charge < -0.3 is 0 Å². The number of hydrogen-bond donors (Lipinski definition) is 0. The van der Waals surface area contributed by atoms with Gasteiger partial charge in [0.15, 0.2) is 23.2 Å². The molecule has 0 amide bonds. The minimum atomic E-state index is 0.396. The van der Waals surface area contributed by atoms with Gasteiger partial charge in [-0.1, -0.05) is 109 Å². The van der Waals surface area contributed by atoms with Gasteiger partial charge in [0.1, 0.15) is 0 Å². The second kappa shape index (κ2) is 11.7. The molecule has 5 aromatic carbocycles. The van der Waals surface area contributed by atoms with Gasteiger partial charge in [0, 0.05) is 16.7 Å². The van der Waals surface area contributed by atoms with Crippen LogP contribution in [-0.4, -0.2) is 15.0 Å². The van der Waals surface area contributed by atoms with Crippen molar-refractivity contribution in [2.75, 3.05) is 0 Å². The molecule has 4 aliphatic rings. The van der Waals surface area contributed by atoms with E-state index in [0.717, 1.165) is 45.6 Å². The Morgan fingerprint density at radius 1 is 0.479 bits per heavy atom. The van der Waals surface area contributed by atoms with Crippen LogP contribution in [0.2, 0.25) is 0 Å². The van der Waals surface area contributed by atoms with E-state index in [0.29, 0.717) is 28.6 Å². The second-order valence-corrected chi connectivity index (χ2v) is 14.2. The highest BCUT2D eigenvalue weighted by Gasteiger charge is 2.51.